The Morgan fingerprint density at radius 1 is 1.26 bits per heavy atom. The molecule has 2 aromatic rings. The van der Waals surface area contributed by atoms with E-state index < -0.39 is 0 Å². The number of hydrogen-bond donors (Lipinski definition) is 1. The van der Waals surface area contributed by atoms with Crippen LogP contribution in [-0.2, 0) is 4.79 Å². The molecule has 1 N–H and O–H groups in total. The number of pyridine rings is 1. The van der Waals surface area contributed by atoms with Crippen molar-refractivity contribution in [2.45, 2.75) is 32.2 Å². The van der Waals surface area contributed by atoms with Crippen molar-refractivity contribution in [1.29, 1.82) is 0 Å². The quantitative estimate of drug-likeness (QED) is 0.816. The van der Waals surface area contributed by atoms with E-state index in [0.717, 1.165) is 54.8 Å². The number of urea groups is 1. The number of alkyl halides is 1. The van der Waals surface area contributed by atoms with Crippen molar-refractivity contribution < 1.29 is 9.59 Å². The molecule has 0 spiro atoms. The van der Waals surface area contributed by atoms with Crippen LogP contribution in [0.3, 0.4) is 0 Å². The van der Waals surface area contributed by atoms with Gasteiger partial charge in [-0.1, -0.05) is 0 Å². The van der Waals surface area contributed by atoms with Gasteiger partial charge in [0.1, 0.15) is 5.65 Å². The summed E-state index contributed by atoms with van der Waals surface area (Å²) in [7, 11) is 0. The normalized spacial score (nSPS) is 19.7. The van der Waals surface area contributed by atoms with Gasteiger partial charge >= 0.3 is 6.03 Å². The molecule has 4 heterocycles. The third-order valence-electron chi connectivity index (χ3n) is 5.57. The molecule has 2 aliphatic rings. The lowest BCUT2D eigenvalue weighted by atomic mass is 10.1. The van der Waals surface area contributed by atoms with Crippen molar-refractivity contribution in [2.75, 3.05) is 37.0 Å². The number of aryl methyl sites for hydroxylation is 1. The van der Waals surface area contributed by atoms with Gasteiger partial charge in [-0.25, -0.2) is 9.78 Å². The van der Waals surface area contributed by atoms with E-state index in [-0.39, 0.29) is 11.9 Å². The fourth-order valence-electron chi connectivity index (χ4n) is 4.06. The number of imide groups is 1. The van der Waals surface area contributed by atoms with Gasteiger partial charge < -0.3 is 9.47 Å². The Morgan fingerprint density at radius 3 is 2.74 bits per heavy atom. The van der Waals surface area contributed by atoms with Crippen molar-refractivity contribution in [3.8, 4) is 0 Å². The summed E-state index contributed by atoms with van der Waals surface area (Å²) in [6, 6.07) is 2.06. The van der Waals surface area contributed by atoms with Gasteiger partial charge in [0.25, 0.3) is 0 Å². The second-order valence-electron chi connectivity index (χ2n) is 7.30. The molecule has 144 valence electrons. The number of amides is 3. The fourth-order valence-corrected chi connectivity index (χ4v) is 4.30. The highest BCUT2D eigenvalue weighted by molar-refractivity contribution is 6.18. The number of piperidine rings is 1. The first kappa shape index (κ1) is 18.3. The van der Waals surface area contributed by atoms with Crippen LogP contribution in [0, 0.1) is 6.92 Å². The lowest BCUT2D eigenvalue weighted by Gasteiger charge is -2.32. The zero-order valence-corrected chi connectivity index (χ0v) is 16.2. The molecule has 0 saturated carbocycles. The number of likely N-dealkylation sites (tertiary alicyclic amines) is 1. The van der Waals surface area contributed by atoms with Crippen LogP contribution in [-0.4, -0.2) is 58.4 Å². The number of carbonyl (C=O) groups is 2. The van der Waals surface area contributed by atoms with Crippen molar-refractivity contribution in [2.24, 2.45) is 0 Å². The Kier molecular flexibility index (Phi) is 5.06. The molecule has 2 fully saturated rings. The summed E-state index contributed by atoms with van der Waals surface area (Å²) in [4.78, 5) is 32.1. The minimum Gasteiger partial charge on any atom is -0.329 e. The molecule has 0 aliphatic carbocycles. The maximum Gasteiger partial charge on any atom is 0.328 e. The zero-order chi connectivity index (χ0) is 19.0. The average Bonchev–Trinajstić information content (AvgIpc) is 2.99. The standard InChI is InChI=1S/C19H24ClN5O2/c1-13-12-25(14-2-6-23(7-3-14)9-5-20)18-16(13)10-15(11-21-18)24-8-4-17(26)22-19(24)27/h10-12,14H,2-9H2,1H3,(H,22,26,27). The second kappa shape index (κ2) is 7.48. The van der Waals surface area contributed by atoms with Gasteiger partial charge in [-0.3, -0.25) is 15.0 Å². The van der Waals surface area contributed by atoms with E-state index >= 15 is 0 Å². The summed E-state index contributed by atoms with van der Waals surface area (Å²) in [6.45, 7) is 5.51. The van der Waals surface area contributed by atoms with Crippen LogP contribution in [0.4, 0.5) is 10.5 Å². The first-order valence-electron chi connectivity index (χ1n) is 9.43. The monoisotopic (exact) mass is 389 g/mol. The largest absolute Gasteiger partial charge is 0.329 e. The molecule has 2 aromatic heterocycles. The van der Waals surface area contributed by atoms with E-state index in [4.69, 9.17) is 11.6 Å². The maximum atomic E-state index is 12.1. The Labute approximate surface area is 163 Å². The topological polar surface area (TPSA) is 70.5 Å². The van der Waals surface area contributed by atoms with Crippen LogP contribution in [0.1, 0.15) is 30.9 Å². The highest BCUT2D eigenvalue weighted by atomic mass is 35.5. The fraction of sp³-hybridized carbons (Fsp3) is 0.526. The third kappa shape index (κ3) is 3.53. The van der Waals surface area contributed by atoms with Gasteiger partial charge in [-0.05, 0) is 31.4 Å². The molecule has 2 aliphatic heterocycles. The summed E-state index contributed by atoms with van der Waals surface area (Å²) in [5.41, 5.74) is 2.84. The zero-order valence-electron chi connectivity index (χ0n) is 15.4. The highest BCUT2D eigenvalue weighted by Crippen LogP contribution is 2.31. The minimum absolute atomic E-state index is 0.229. The molecule has 0 atom stereocenters. The SMILES string of the molecule is Cc1cn(C2CCN(CCCl)CC2)c2ncc(N3CCC(=O)NC3=O)cc12. The number of nitrogens with one attached hydrogen (secondary N) is 1. The van der Waals surface area contributed by atoms with Gasteiger partial charge in [0.05, 0.1) is 11.9 Å². The summed E-state index contributed by atoms with van der Waals surface area (Å²) in [6.07, 6.45) is 6.38. The molecule has 27 heavy (non-hydrogen) atoms. The molecule has 3 amide bonds. The third-order valence-corrected chi connectivity index (χ3v) is 5.74. The lowest BCUT2D eigenvalue weighted by molar-refractivity contribution is -0.120. The van der Waals surface area contributed by atoms with Crippen LogP contribution in [0.15, 0.2) is 18.5 Å². The first-order chi connectivity index (χ1) is 13.1. The van der Waals surface area contributed by atoms with Gasteiger partial charge in [0.2, 0.25) is 5.91 Å². The number of aromatic nitrogens is 2. The van der Waals surface area contributed by atoms with Crippen LogP contribution in [0.5, 0.6) is 0 Å². The number of nitrogens with zero attached hydrogens (tertiary/aromatic N) is 4. The smallest absolute Gasteiger partial charge is 0.328 e. The predicted octanol–water partition coefficient (Wildman–Crippen LogP) is 2.67. The molecule has 4 rings (SSSR count). The molecule has 8 heteroatoms. The van der Waals surface area contributed by atoms with Crippen molar-refractivity contribution >= 4 is 40.3 Å². The first-order valence-corrected chi connectivity index (χ1v) is 9.97. The predicted molar refractivity (Wildman–Crippen MR) is 105 cm³/mol. The molecule has 0 unspecified atom stereocenters. The molecular formula is C19H24ClN5O2. The molecule has 0 bridgehead atoms. The Balaban J connectivity index is 1.58. The van der Waals surface area contributed by atoms with Crippen LogP contribution in [0.25, 0.3) is 11.0 Å². The molecule has 0 radical (unpaired) electrons. The van der Waals surface area contributed by atoms with E-state index in [9.17, 15) is 9.59 Å². The molecule has 2 saturated heterocycles. The van der Waals surface area contributed by atoms with Crippen LogP contribution < -0.4 is 10.2 Å². The summed E-state index contributed by atoms with van der Waals surface area (Å²) >= 11 is 5.86. The van der Waals surface area contributed by atoms with E-state index in [1.807, 2.05) is 6.07 Å². The van der Waals surface area contributed by atoms with Crippen molar-refractivity contribution in [1.82, 2.24) is 19.8 Å². The van der Waals surface area contributed by atoms with E-state index in [2.05, 4.69) is 32.9 Å². The summed E-state index contributed by atoms with van der Waals surface area (Å²) < 4.78 is 2.28. The number of anilines is 1. The van der Waals surface area contributed by atoms with Gasteiger partial charge in [-0.15, -0.1) is 11.6 Å². The Bertz CT molecular complexity index is 872. The number of carbonyl (C=O) groups excluding carboxylic acids is 2. The molecular weight excluding hydrogens is 366 g/mol. The van der Waals surface area contributed by atoms with Crippen LogP contribution in [0.2, 0.25) is 0 Å². The number of fused-ring (bicyclic) bond motifs is 1. The highest BCUT2D eigenvalue weighted by Gasteiger charge is 2.26. The van der Waals surface area contributed by atoms with Gasteiger partial charge in [-0.2, -0.15) is 0 Å². The average molecular weight is 390 g/mol. The number of hydrogen-bond acceptors (Lipinski definition) is 4. The maximum absolute atomic E-state index is 12.1. The van der Waals surface area contributed by atoms with Gasteiger partial charge in [0, 0.05) is 56.1 Å². The lowest BCUT2D eigenvalue weighted by Crippen LogP contribution is -2.49. The minimum atomic E-state index is -0.379. The van der Waals surface area contributed by atoms with Crippen molar-refractivity contribution in [3.05, 3.63) is 24.0 Å². The Morgan fingerprint density at radius 2 is 2.04 bits per heavy atom. The van der Waals surface area contributed by atoms with E-state index in [0.29, 0.717) is 24.9 Å². The Hall–Kier alpha value is -2.12. The van der Waals surface area contributed by atoms with Crippen LogP contribution >= 0.6 is 11.6 Å². The van der Waals surface area contributed by atoms with E-state index in [1.54, 1.807) is 11.1 Å². The van der Waals surface area contributed by atoms with Gasteiger partial charge in [0.15, 0.2) is 0 Å². The molecule has 0 aromatic carbocycles. The number of rotatable bonds is 4. The summed E-state index contributed by atoms with van der Waals surface area (Å²) in [5.74, 6) is 0.448. The summed E-state index contributed by atoms with van der Waals surface area (Å²) in [5, 5.41) is 3.42. The molecule has 7 nitrogen and oxygen atoms in total. The second-order valence-corrected chi connectivity index (χ2v) is 7.68. The van der Waals surface area contributed by atoms with Crippen molar-refractivity contribution in [3.63, 3.8) is 0 Å². The van der Waals surface area contributed by atoms with E-state index in [1.165, 1.54) is 0 Å². The number of halogens is 1.